The molecule has 5 heterocycles. The van der Waals surface area contributed by atoms with E-state index in [4.69, 9.17) is 42.0 Å². The Morgan fingerprint density at radius 2 is 1.47 bits per heavy atom. The molecule has 2 aromatic rings. The van der Waals surface area contributed by atoms with E-state index in [9.17, 15) is 0 Å². The average molecular weight is 835 g/mol. The van der Waals surface area contributed by atoms with E-state index in [0.717, 1.165) is 5.56 Å². The molecular weight excluding hydrogens is 765 g/mol. The fourth-order valence-corrected chi connectivity index (χ4v) is 10.3. The second-order valence-corrected chi connectivity index (χ2v) is 30.0. The Morgan fingerprint density at radius 1 is 0.776 bits per heavy atom. The molecule has 0 aliphatic carbocycles. The number of hydrogen-bond donors (Lipinski definition) is 0. The summed E-state index contributed by atoms with van der Waals surface area (Å²) in [6, 6.07) is 15.0. The van der Waals surface area contributed by atoms with Crippen LogP contribution in [0.15, 0.2) is 78.9 Å². The van der Waals surface area contributed by atoms with Crippen molar-refractivity contribution in [1.29, 1.82) is 0 Å². The molecule has 0 unspecified atom stereocenters. The second kappa shape index (κ2) is 17.0. The smallest absolute Gasteiger partial charge is 0.192 e. The van der Waals surface area contributed by atoms with Crippen LogP contribution < -0.4 is 0 Å². The molecule has 0 aromatic heterocycles. The number of hydrogen-bond acceptors (Lipinski definition) is 9. The SMILES string of the molecule is CC1(C)OC[C@H]2O[C@H]3C[C@H]4O[C@H]5CC=C[C@H](C=C[C@@H](CO[Si](C)(C)C(C)(C)C)O[Si](C)(C)C(C)(C)C)O[C@@H]5[C@@H](OCc5ccc6ccccc6c5)[C@@H]4O[C@@H]3C=C[C@@H]2O1. The lowest BCUT2D eigenvalue weighted by Crippen LogP contribution is -2.64. The Bertz CT molecular complexity index is 1810. The van der Waals surface area contributed by atoms with Crippen LogP contribution in [0.3, 0.4) is 0 Å². The van der Waals surface area contributed by atoms with Crippen LogP contribution in [0.1, 0.15) is 73.8 Å². The van der Waals surface area contributed by atoms with Gasteiger partial charge in [0, 0.05) is 6.42 Å². The summed E-state index contributed by atoms with van der Waals surface area (Å²) in [6.07, 6.45) is 11.1. The summed E-state index contributed by atoms with van der Waals surface area (Å²) in [7, 11) is -4.14. The lowest BCUT2D eigenvalue weighted by atomic mass is 9.87. The van der Waals surface area contributed by atoms with Gasteiger partial charge >= 0.3 is 0 Å². The number of rotatable bonds is 10. The number of ether oxygens (including phenoxy) is 7. The molecule has 0 saturated carbocycles. The number of benzene rings is 2. The third-order valence-electron chi connectivity index (χ3n) is 13.5. The summed E-state index contributed by atoms with van der Waals surface area (Å²) >= 11 is 0. The van der Waals surface area contributed by atoms with E-state index in [2.05, 4.69) is 147 Å². The first-order valence-corrected chi connectivity index (χ1v) is 27.4. The maximum absolute atomic E-state index is 7.08. The van der Waals surface area contributed by atoms with Crippen LogP contribution in [0, 0.1) is 0 Å². The molecule has 58 heavy (non-hydrogen) atoms. The van der Waals surface area contributed by atoms with Crippen molar-refractivity contribution in [3.8, 4) is 0 Å². The van der Waals surface area contributed by atoms with Gasteiger partial charge in [0.25, 0.3) is 0 Å². The second-order valence-electron chi connectivity index (χ2n) is 20.5. The highest BCUT2D eigenvalue weighted by Gasteiger charge is 2.54. The lowest BCUT2D eigenvalue weighted by Gasteiger charge is -2.51. The molecule has 3 fully saturated rings. The largest absolute Gasteiger partial charge is 0.414 e. The molecule has 2 aromatic carbocycles. The monoisotopic (exact) mass is 834 g/mol. The maximum Gasteiger partial charge on any atom is 0.192 e. The molecule has 0 bridgehead atoms. The van der Waals surface area contributed by atoms with Crippen molar-refractivity contribution < 1.29 is 42.0 Å². The van der Waals surface area contributed by atoms with Crippen molar-refractivity contribution >= 4 is 27.4 Å². The van der Waals surface area contributed by atoms with E-state index >= 15 is 0 Å². The highest BCUT2D eigenvalue weighted by molar-refractivity contribution is 6.74. The van der Waals surface area contributed by atoms with Crippen LogP contribution in [0.25, 0.3) is 10.8 Å². The van der Waals surface area contributed by atoms with Crippen molar-refractivity contribution in [1.82, 2.24) is 0 Å². The molecule has 320 valence electrons. The van der Waals surface area contributed by atoms with Gasteiger partial charge in [0.2, 0.25) is 0 Å². The van der Waals surface area contributed by atoms with Gasteiger partial charge in [-0.15, -0.1) is 0 Å². The zero-order valence-electron chi connectivity index (χ0n) is 37.1. The van der Waals surface area contributed by atoms with Gasteiger partial charge in [-0.1, -0.05) is 114 Å². The quantitative estimate of drug-likeness (QED) is 0.172. The maximum atomic E-state index is 7.08. The van der Waals surface area contributed by atoms with Crippen LogP contribution >= 0.6 is 0 Å². The van der Waals surface area contributed by atoms with Crippen molar-refractivity contribution in [2.24, 2.45) is 0 Å². The van der Waals surface area contributed by atoms with Crippen LogP contribution in [-0.4, -0.2) is 103 Å². The van der Waals surface area contributed by atoms with Crippen molar-refractivity contribution in [3.63, 3.8) is 0 Å². The van der Waals surface area contributed by atoms with Gasteiger partial charge in [-0.05, 0) is 78.9 Å². The summed E-state index contributed by atoms with van der Waals surface area (Å²) in [6.45, 7) is 28.2. The Balaban J connectivity index is 1.14. The molecule has 0 N–H and O–H groups in total. The topological polar surface area (TPSA) is 83.1 Å². The molecule has 0 radical (unpaired) electrons. The molecule has 5 aliphatic rings. The van der Waals surface area contributed by atoms with Gasteiger partial charge in [0.1, 0.15) is 36.6 Å². The summed E-state index contributed by atoms with van der Waals surface area (Å²) in [4.78, 5) is 0. The normalized spacial score (nSPS) is 33.4. The minimum Gasteiger partial charge on any atom is -0.414 e. The fraction of sp³-hybridized carbons (Fsp3) is 0.660. The van der Waals surface area contributed by atoms with E-state index in [1.807, 2.05) is 13.8 Å². The van der Waals surface area contributed by atoms with E-state index < -0.39 is 28.5 Å². The predicted octanol–water partition coefficient (Wildman–Crippen LogP) is 9.81. The minimum absolute atomic E-state index is 0.0551. The van der Waals surface area contributed by atoms with Crippen LogP contribution in [0.4, 0.5) is 0 Å². The Morgan fingerprint density at radius 3 is 2.21 bits per heavy atom. The van der Waals surface area contributed by atoms with E-state index in [0.29, 0.717) is 32.7 Å². The predicted molar refractivity (Wildman–Crippen MR) is 234 cm³/mol. The van der Waals surface area contributed by atoms with Gasteiger partial charge in [0.05, 0.1) is 50.3 Å². The summed E-state index contributed by atoms with van der Waals surface area (Å²) in [5, 5.41) is 2.54. The third-order valence-corrected chi connectivity index (χ3v) is 22.5. The first-order valence-electron chi connectivity index (χ1n) is 21.6. The van der Waals surface area contributed by atoms with Crippen molar-refractivity contribution in [3.05, 3.63) is 84.5 Å². The first kappa shape index (κ1) is 44.1. The summed E-state index contributed by atoms with van der Waals surface area (Å²) in [5.74, 6) is -0.678. The Labute approximate surface area is 350 Å². The average Bonchev–Trinajstić information content (AvgIpc) is 3.45. The molecule has 11 heteroatoms. The first-order chi connectivity index (χ1) is 27.2. The van der Waals surface area contributed by atoms with Gasteiger partial charge in [0.15, 0.2) is 22.4 Å². The van der Waals surface area contributed by atoms with Gasteiger partial charge in [-0.25, -0.2) is 0 Å². The molecule has 11 atom stereocenters. The van der Waals surface area contributed by atoms with Gasteiger partial charge in [-0.3, -0.25) is 0 Å². The van der Waals surface area contributed by atoms with Crippen LogP contribution in [0.5, 0.6) is 0 Å². The molecule has 9 nitrogen and oxygen atoms in total. The van der Waals surface area contributed by atoms with E-state index in [-0.39, 0.29) is 71.1 Å². The summed E-state index contributed by atoms with van der Waals surface area (Å²) < 4.78 is 60.8. The zero-order valence-corrected chi connectivity index (χ0v) is 39.1. The molecule has 0 amide bonds. The van der Waals surface area contributed by atoms with Gasteiger partial charge < -0.3 is 42.0 Å². The van der Waals surface area contributed by atoms with Crippen molar-refractivity contribution in [2.75, 3.05) is 13.2 Å². The zero-order chi connectivity index (χ0) is 41.7. The molecule has 3 saturated heterocycles. The third kappa shape index (κ3) is 10.0. The summed E-state index contributed by atoms with van der Waals surface area (Å²) in [5.41, 5.74) is 1.10. The van der Waals surface area contributed by atoms with Crippen LogP contribution in [-0.2, 0) is 48.6 Å². The molecule has 0 spiro atoms. The molecule has 5 aliphatic heterocycles. The van der Waals surface area contributed by atoms with E-state index in [1.165, 1.54) is 10.8 Å². The minimum atomic E-state index is -2.12. The molecular formula is C47H70O9Si2. The molecule has 7 rings (SSSR count). The van der Waals surface area contributed by atoms with Crippen LogP contribution in [0.2, 0.25) is 36.3 Å². The van der Waals surface area contributed by atoms with Gasteiger partial charge in [-0.2, -0.15) is 0 Å². The Kier molecular flexibility index (Phi) is 12.9. The standard InChI is InChI=1S/C47H70O9Si2/c1-45(2,3)57(9,10)50-29-35(56-58(11,12)46(4,5)6)23-22-34-18-15-19-38-42(51-34)44(48-28-31-20-21-32-16-13-14-17-33(32)26-31)43-40(52-38)27-39-36(54-43)24-25-37-41(53-39)30-49-47(7,8)55-37/h13-18,20-26,34-44H,19,27-30H2,1-12H3/t34-,35+,36-,37+,38+,39+,40-,41-,42+,43-,44-/m1/s1. The highest BCUT2D eigenvalue weighted by atomic mass is 28.4. The number of fused-ring (bicyclic) bond motifs is 5. The van der Waals surface area contributed by atoms with E-state index in [1.54, 1.807) is 0 Å². The fourth-order valence-electron chi connectivity index (χ4n) is 7.99. The highest BCUT2D eigenvalue weighted by Crippen LogP contribution is 2.42. The van der Waals surface area contributed by atoms with Crippen molar-refractivity contribution in [2.45, 2.75) is 184 Å². The lowest BCUT2D eigenvalue weighted by molar-refractivity contribution is -0.322. The Hall–Kier alpha value is -2.01.